The summed E-state index contributed by atoms with van der Waals surface area (Å²) in [7, 11) is 3.45. The first kappa shape index (κ1) is 20.0. The van der Waals surface area contributed by atoms with Crippen LogP contribution in [0.3, 0.4) is 0 Å². The lowest BCUT2D eigenvalue weighted by Gasteiger charge is -2.33. The van der Waals surface area contributed by atoms with Crippen molar-refractivity contribution in [3.8, 4) is 12.1 Å². The molecule has 4 atom stereocenters. The summed E-state index contributed by atoms with van der Waals surface area (Å²) in [6.07, 6.45) is 3.02. The normalized spacial score (nSPS) is 22.6. The van der Waals surface area contributed by atoms with Crippen molar-refractivity contribution in [1.29, 1.82) is 10.5 Å². The number of carbonyl (C=O) groups excluding carboxylic acids is 2. The van der Waals surface area contributed by atoms with Gasteiger partial charge in [-0.2, -0.15) is 10.5 Å². The summed E-state index contributed by atoms with van der Waals surface area (Å²) >= 11 is 0. The molecule has 6 nitrogen and oxygen atoms in total. The number of nitrogens with zero attached hydrogens (tertiary/aromatic N) is 4. The van der Waals surface area contributed by atoms with Crippen LogP contribution in [-0.4, -0.2) is 48.8 Å². The van der Waals surface area contributed by atoms with Crippen molar-refractivity contribution in [3.05, 3.63) is 0 Å². The van der Waals surface area contributed by atoms with E-state index in [0.29, 0.717) is 19.5 Å². The molecule has 0 N–H and O–H groups in total. The highest BCUT2D eigenvalue weighted by molar-refractivity contribution is 5.82. The van der Waals surface area contributed by atoms with Crippen LogP contribution in [-0.2, 0) is 9.59 Å². The van der Waals surface area contributed by atoms with Gasteiger partial charge < -0.3 is 9.80 Å². The van der Waals surface area contributed by atoms with Gasteiger partial charge in [-0.3, -0.25) is 9.59 Å². The molecule has 132 valence electrons. The summed E-state index contributed by atoms with van der Waals surface area (Å²) in [6.45, 7) is 4.43. The molecule has 6 heteroatoms. The number of rotatable bonds is 6. The molecule has 1 aliphatic carbocycles. The minimum atomic E-state index is -0.196. The Labute approximate surface area is 145 Å². The van der Waals surface area contributed by atoms with Crippen molar-refractivity contribution < 1.29 is 9.59 Å². The van der Waals surface area contributed by atoms with E-state index in [1.807, 2.05) is 0 Å². The van der Waals surface area contributed by atoms with Crippen LogP contribution in [0.5, 0.6) is 0 Å². The quantitative estimate of drug-likeness (QED) is 0.744. The van der Waals surface area contributed by atoms with Crippen molar-refractivity contribution in [2.75, 3.05) is 27.2 Å². The van der Waals surface area contributed by atoms with Gasteiger partial charge in [0, 0.05) is 39.0 Å². The smallest absolute Gasteiger partial charge is 0.225 e. The molecule has 0 aromatic heterocycles. The molecular formula is C18H28N4O2. The van der Waals surface area contributed by atoms with Crippen LogP contribution in [0.2, 0.25) is 0 Å². The Morgan fingerprint density at radius 3 is 1.67 bits per heavy atom. The summed E-state index contributed by atoms with van der Waals surface area (Å²) in [5, 5.41) is 17.8. The molecule has 1 rings (SSSR count). The standard InChI is InChI=1S/C18H28N4O2/c1-13(9-19)11-21(3)17(23)15-6-5-7-16(8-15)18(24)22(4)12-14(2)10-20/h13-16H,5-8,11-12H2,1-4H3/t13-,14+,15-,16+. The molecule has 24 heavy (non-hydrogen) atoms. The predicted octanol–water partition coefficient (Wildman–Crippen LogP) is 2.03. The molecule has 1 fully saturated rings. The van der Waals surface area contributed by atoms with Gasteiger partial charge in [-0.1, -0.05) is 6.42 Å². The average Bonchev–Trinajstić information content (AvgIpc) is 2.59. The summed E-state index contributed by atoms with van der Waals surface area (Å²) in [5.74, 6) is -0.627. The van der Waals surface area contributed by atoms with Crippen LogP contribution >= 0.6 is 0 Å². The highest BCUT2D eigenvalue weighted by atomic mass is 16.2. The minimum absolute atomic E-state index is 0.0302. The van der Waals surface area contributed by atoms with Gasteiger partial charge >= 0.3 is 0 Å². The Hall–Kier alpha value is -2.08. The first-order chi connectivity index (χ1) is 11.3. The molecular weight excluding hydrogens is 304 g/mol. The van der Waals surface area contributed by atoms with E-state index < -0.39 is 0 Å². The molecule has 1 aliphatic rings. The van der Waals surface area contributed by atoms with E-state index in [-0.39, 0.29) is 35.5 Å². The first-order valence-electron chi connectivity index (χ1n) is 8.59. The second kappa shape index (κ2) is 9.27. The van der Waals surface area contributed by atoms with Gasteiger partial charge in [-0.25, -0.2) is 0 Å². The van der Waals surface area contributed by atoms with E-state index in [2.05, 4.69) is 12.1 Å². The van der Waals surface area contributed by atoms with Crippen molar-refractivity contribution in [3.63, 3.8) is 0 Å². The molecule has 0 saturated heterocycles. The van der Waals surface area contributed by atoms with Crippen LogP contribution in [0, 0.1) is 46.3 Å². The average molecular weight is 332 g/mol. The number of carbonyl (C=O) groups is 2. The lowest BCUT2D eigenvalue weighted by atomic mass is 9.80. The molecule has 0 aromatic carbocycles. The Kier molecular flexibility index (Phi) is 7.71. The molecule has 0 unspecified atom stereocenters. The van der Waals surface area contributed by atoms with Gasteiger partial charge in [0.2, 0.25) is 11.8 Å². The minimum Gasteiger partial charge on any atom is -0.344 e. The van der Waals surface area contributed by atoms with E-state index in [9.17, 15) is 9.59 Å². The zero-order valence-electron chi connectivity index (χ0n) is 15.2. The van der Waals surface area contributed by atoms with Crippen LogP contribution < -0.4 is 0 Å². The summed E-state index contributed by atoms with van der Waals surface area (Å²) in [4.78, 5) is 28.4. The zero-order valence-corrected chi connectivity index (χ0v) is 15.2. The number of hydrogen-bond acceptors (Lipinski definition) is 4. The van der Waals surface area contributed by atoms with E-state index in [1.54, 1.807) is 37.7 Å². The Morgan fingerprint density at radius 2 is 1.33 bits per heavy atom. The van der Waals surface area contributed by atoms with Crippen molar-refractivity contribution >= 4 is 11.8 Å². The van der Waals surface area contributed by atoms with Crippen LogP contribution in [0.25, 0.3) is 0 Å². The molecule has 0 aliphatic heterocycles. The van der Waals surface area contributed by atoms with Gasteiger partial charge in [0.25, 0.3) is 0 Å². The van der Waals surface area contributed by atoms with Gasteiger partial charge in [0.15, 0.2) is 0 Å². The van der Waals surface area contributed by atoms with Crippen molar-refractivity contribution in [2.24, 2.45) is 23.7 Å². The van der Waals surface area contributed by atoms with Gasteiger partial charge in [-0.05, 0) is 33.1 Å². The summed E-state index contributed by atoms with van der Waals surface area (Å²) in [5.41, 5.74) is 0. The van der Waals surface area contributed by atoms with Crippen LogP contribution in [0.4, 0.5) is 0 Å². The maximum absolute atomic E-state index is 12.6. The molecule has 0 heterocycles. The molecule has 2 amide bonds. The van der Waals surface area contributed by atoms with E-state index in [1.165, 1.54) is 0 Å². The van der Waals surface area contributed by atoms with Crippen LogP contribution in [0.15, 0.2) is 0 Å². The number of nitriles is 2. The number of hydrogen-bond donors (Lipinski definition) is 0. The largest absolute Gasteiger partial charge is 0.344 e. The maximum Gasteiger partial charge on any atom is 0.225 e. The second-order valence-corrected chi connectivity index (χ2v) is 7.06. The maximum atomic E-state index is 12.6. The van der Waals surface area contributed by atoms with Crippen LogP contribution in [0.1, 0.15) is 39.5 Å². The highest BCUT2D eigenvalue weighted by Gasteiger charge is 2.34. The topological polar surface area (TPSA) is 88.2 Å². The third-order valence-electron chi connectivity index (χ3n) is 4.66. The lowest BCUT2D eigenvalue weighted by Crippen LogP contribution is -2.42. The Bertz CT molecular complexity index is 488. The Morgan fingerprint density at radius 1 is 0.958 bits per heavy atom. The fourth-order valence-corrected chi connectivity index (χ4v) is 3.34. The van der Waals surface area contributed by atoms with E-state index in [4.69, 9.17) is 10.5 Å². The monoisotopic (exact) mass is 332 g/mol. The third kappa shape index (κ3) is 5.53. The highest BCUT2D eigenvalue weighted by Crippen LogP contribution is 2.31. The van der Waals surface area contributed by atoms with Crippen molar-refractivity contribution in [2.45, 2.75) is 39.5 Å². The fourth-order valence-electron chi connectivity index (χ4n) is 3.34. The van der Waals surface area contributed by atoms with E-state index >= 15 is 0 Å². The second-order valence-electron chi connectivity index (χ2n) is 7.06. The van der Waals surface area contributed by atoms with Crippen molar-refractivity contribution in [1.82, 2.24) is 9.80 Å². The van der Waals surface area contributed by atoms with Gasteiger partial charge in [0.1, 0.15) is 0 Å². The molecule has 0 aromatic rings. The van der Waals surface area contributed by atoms with Gasteiger partial charge in [0.05, 0.1) is 24.0 Å². The first-order valence-corrected chi connectivity index (χ1v) is 8.59. The summed E-state index contributed by atoms with van der Waals surface area (Å²) in [6, 6.07) is 4.28. The lowest BCUT2D eigenvalue weighted by molar-refractivity contribution is -0.140. The molecule has 0 bridgehead atoms. The number of amides is 2. The van der Waals surface area contributed by atoms with Gasteiger partial charge in [-0.15, -0.1) is 0 Å². The third-order valence-corrected chi connectivity index (χ3v) is 4.66. The SMILES string of the molecule is C[C@H](C#N)CN(C)C(=O)[C@@H]1CCC[C@H](C(=O)N(C)C[C@@H](C)C#N)C1. The van der Waals surface area contributed by atoms with E-state index in [0.717, 1.165) is 19.3 Å². The molecule has 1 saturated carbocycles. The zero-order chi connectivity index (χ0) is 18.3. The summed E-state index contributed by atoms with van der Waals surface area (Å²) < 4.78 is 0. The molecule has 0 radical (unpaired) electrons. The predicted molar refractivity (Wildman–Crippen MR) is 90.3 cm³/mol. The Balaban J connectivity index is 2.63. The molecule has 0 spiro atoms. The fraction of sp³-hybridized carbons (Fsp3) is 0.778.